The predicted molar refractivity (Wildman–Crippen MR) is 114 cm³/mol. The Bertz CT molecular complexity index is 1180. The number of methoxy groups -OCH3 is 1. The minimum atomic E-state index is -0.364. The Morgan fingerprint density at radius 3 is 2.93 bits per heavy atom. The molecule has 1 aliphatic rings. The first-order valence-electron chi connectivity index (χ1n) is 8.88. The Morgan fingerprint density at radius 1 is 1.31 bits per heavy atom. The van der Waals surface area contributed by atoms with Gasteiger partial charge in [-0.1, -0.05) is 24.3 Å². The van der Waals surface area contributed by atoms with Gasteiger partial charge in [0.15, 0.2) is 0 Å². The Labute approximate surface area is 171 Å². The van der Waals surface area contributed by atoms with Crippen molar-refractivity contribution in [2.45, 2.75) is 6.54 Å². The second kappa shape index (κ2) is 7.92. The lowest BCUT2D eigenvalue weighted by Gasteiger charge is -2.07. The van der Waals surface area contributed by atoms with Crippen LogP contribution in [0.15, 0.2) is 58.6 Å². The molecule has 2 heterocycles. The number of aromatic nitrogens is 2. The highest BCUT2D eigenvalue weighted by atomic mass is 32.2. The van der Waals surface area contributed by atoms with Crippen molar-refractivity contribution < 1.29 is 14.3 Å². The van der Waals surface area contributed by atoms with Crippen molar-refractivity contribution in [2.75, 3.05) is 14.2 Å². The zero-order chi connectivity index (χ0) is 20.4. The van der Waals surface area contributed by atoms with Gasteiger partial charge in [-0.15, -0.1) is 0 Å². The highest BCUT2D eigenvalue weighted by Gasteiger charge is 2.22. The molecule has 0 radical (unpaired) electrons. The summed E-state index contributed by atoms with van der Waals surface area (Å²) in [6, 6.07) is 13.2. The molecule has 1 aliphatic heterocycles. The topological polar surface area (TPSA) is 85.6 Å². The molecule has 0 unspecified atom stereocenters. The summed E-state index contributed by atoms with van der Waals surface area (Å²) >= 11 is 1.13. The molecule has 2 aromatic carbocycles. The monoisotopic (exact) mass is 406 g/mol. The third-order valence-electron chi connectivity index (χ3n) is 4.51. The molecule has 1 amide bonds. The van der Waals surface area contributed by atoms with Gasteiger partial charge in [-0.3, -0.25) is 14.5 Å². The van der Waals surface area contributed by atoms with Crippen molar-refractivity contribution in [1.82, 2.24) is 15.1 Å². The van der Waals surface area contributed by atoms with Gasteiger partial charge in [-0.05, 0) is 47.2 Å². The minimum absolute atomic E-state index is 0.130. The fourth-order valence-electron chi connectivity index (χ4n) is 3.16. The molecule has 1 N–H and O–H groups in total. The molecule has 3 aromatic rings. The SMILES string of the molecule is CN=C1NC(=O)S/C1=C\c1ccc2nn(Cc3ccccc3C(=O)OC)cc2c1. The van der Waals surface area contributed by atoms with Crippen LogP contribution < -0.4 is 5.32 Å². The number of benzene rings is 2. The molecule has 0 spiro atoms. The van der Waals surface area contributed by atoms with E-state index in [4.69, 9.17) is 4.74 Å². The lowest BCUT2D eigenvalue weighted by atomic mass is 10.1. The number of amidine groups is 1. The summed E-state index contributed by atoms with van der Waals surface area (Å²) in [5.41, 5.74) is 3.17. The van der Waals surface area contributed by atoms with E-state index in [0.29, 0.717) is 17.9 Å². The first-order valence-corrected chi connectivity index (χ1v) is 9.70. The summed E-state index contributed by atoms with van der Waals surface area (Å²) in [4.78, 5) is 28.5. The number of nitrogens with one attached hydrogen (secondary N) is 1. The smallest absolute Gasteiger partial charge is 0.338 e. The Balaban J connectivity index is 1.63. The molecule has 1 aromatic heterocycles. The average molecular weight is 406 g/mol. The van der Waals surface area contributed by atoms with Crippen molar-refractivity contribution in [3.05, 3.63) is 70.3 Å². The van der Waals surface area contributed by atoms with Gasteiger partial charge < -0.3 is 10.1 Å². The van der Waals surface area contributed by atoms with Crippen molar-refractivity contribution in [2.24, 2.45) is 4.99 Å². The number of esters is 1. The van der Waals surface area contributed by atoms with Gasteiger partial charge in [0.1, 0.15) is 5.84 Å². The third-order valence-corrected chi connectivity index (χ3v) is 5.33. The van der Waals surface area contributed by atoms with E-state index in [-0.39, 0.29) is 11.2 Å². The highest BCUT2D eigenvalue weighted by Crippen LogP contribution is 2.27. The Hall–Kier alpha value is -3.39. The van der Waals surface area contributed by atoms with Gasteiger partial charge in [0.25, 0.3) is 5.24 Å². The molecule has 0 saturated carbocycles. The summed E-state index contributed by atoms with van der Waals surface area (Å²) in [7, 11) is 3.02. The standard InChI is InChI=1S/C21H18N4O3S/c1-22-19-18(29-21(27)23-19)10-13-7-8-17-15(9-13)12-25(24-17)11-14-5-3-4-6-16(14)20(26)28-2/h3-10,12H,11H2,1-2H3,(H,22,23,27)/b18-10-. The van der Waals surface area contributed by atoms with E-state index in [9.17, 15) is 9.59 Å². The van der Waals surface area contributed by atoms with Gasteiger partial charge in [0.2, 0.25) is 0 Å². The third kappa shape index (κ3) is 3.93. The molecule has 7 nitrogen and oxygen atoms in total. The molecule has 29 heavy (non-hydrogen) atoms. The van der Waals surface area contributed by atoms with E-state index >= 15 is 0 Å². The maximum atomic E-state index is 12.0. The second-order valence-corrected chi connectivity index (χ2v) is 7.40. The molecule has 0 atom stereocenters. The summed E-state index contributed by atoms with van der Waals surface area (Å²) < 4.78 is 6.67. The van der Waals surface area contributed by atoms with E-state index in [0.717, 1.165) is 38.7 Å². The summed E-state index contributed by atoms with van der Waals surface area (Å²) in [6.45, 7) is 0.456. The average Bonchev–Trinajstić information content (AvgIpc) is 3.29. The predicted octanol–water partition coefficient (Wildman–Crippen LogP) is 3.70. The molecule has 1 fully saturated rings. The van der Waals surface area contributed by atoms with Crippen molar-refractivity contribution in [3.63, 3.8) is 0 Å². The second-order valence-electron chi connectivity index (χ2n) is 6.39. The number of amides is 1. The minimum Gasteiger partial charge on any atom is -0.465 e. The zero-order valence-corrected chi connectivity index (χ0v) is 16.7. The van der Waals surface area contributed by atoms with Gasteiger partial charge in [0.05, 0.1) is 29.6 Å². The van der Waals surface area contributed by atoms with E-state index in [1.807, 2.05) is 48.7 Å². The maximum Gasteiger partial charge on any atom is 0.338 e. The summed E-state index contributed by atoms with van der Waals surface area (Å²) in [5.74, 6) is 0.215. The number of rotatable bonds is 4. The normalized spacial score (nSPS) is 16.6. The zero-order valence-electron chi connectivity index (χ0n) is 15.9. The van der Waals surface area contributed by atoms with E-state index in [1.54, 1.807) is 17.8 Å². The van der Waals surface area contributed by atoms with E-state index < -0.39 is 0 Å². The number of fused-ring (bicyclic) bond motifs is 1. The van der Waals surface area contributed by atoms with Crippen molar-refractivity contribution in [1.29, 1.82) is 0 Å². The van der Waals surface area contributed by atoms with Gasteiger partial charge in [0, 0.05) is 18.6 Å². The number of carbonyl (C=O) groups excluding carboxylic acids is 2. The highest BCUT2D eigenvalue weighted by molar-refractivity contribution is 8.18. The summed E-state index contributed by atoms with van der Waals surface area (Å²) in [5, 5.41) is 8.15. The van der Waals surface area contributed by atoms with Gasteiger partial charge >= 0.3 is 5.97 Å². The Morgan fingerprint density at radius 2 is 2.14 bits per heavy atom. The lowest BCUT2D eigenvalue weighted by Crippen LogP contribution is -2.18. The van der Waals surface area contributed by atoms with Gasteiger partial charge in [-0.25, -0.2) is 4.79 Å². The number of thioether (sulfide) groups is 1. The largest absolute Gasteiger partial charge is 0.465 e. The van der Waals surface area contributed by atoms with Gasteiger partial charge in [-0.2, -0.15) is 5.10 Å². The molecular weight excluding hydrogens is 388 g/mol. The molecule has 8 heteroatoms. The molecule has 1 saturated heterocycles. The fraction of sp³-hybridized carbons (Fsp3) is 0.143. The molecule has 4 rings (SSSR count). The van der Waals surface area contributed by atoms with Crippen LogP contribution in [-0.4, -0.2) is 41.0 Å². The first kappa shape index (κ1) is 18.9. The first-order chi connectivity index (χ1) is 14.1. The number of carbonyl (C=O) groups is 2. The van der Waals surface area contributed by atoms with Crippen LogP contribution in [0.2, 0.25) is 0 Å². The molecule has 146 valence electrons. The number of hydrogen-bond donors (Lipinski definition) is 1. The lowest BCUT2D eigenvalue weighted by molar-refractivity contribution is 0.0599. The van der Waals surface area contributed by atoms with Crippen LogP contribution in [0, 0.1) is 0 Å². The van der Waals surface area contributed by atoms with Crippen LogP contribution in [0.3, 0.4) is 0 Å². The summed E-state index contributed by atoms with van der Waals surface area (Å²) in [6.07, 6.45) is 3.86. The van der Waals surface area contributed by atoms with Crippen LogP contribution in [0.1, 0.15) is 21.5 Å². The number of ether oxygens (including phenoxy) is 1. The maximum absolute atomic E-state index is 12.0. The van der Waals surface area contributed by atoms with Crippen molar-refractivity contribution >= 4 is 45.8 Å². The fourth-order valence-corrected chi connectivity index (χ4v) is 3.94. The number of hydrogen-bond acceptors (Lipinski definition) is 6. The van der Waals surface area contributed by atoms with Crippen LogP contribution in [0.5, 0.6) is 0 Å². The Kier molecular flexibility index (Phi) is 5.18. The van der Waals surface area contributed by atoms with Crippen molar-refractivity contribution in [3.8, 4) is 0 Å². The van der Waals surface area contributed by atoms with Crippen LogP contribution in [0.25, 0.3) is 17.0 Å². The van der Waals surface area contributed by atoms with Crippen LogP contribution >= 0.6 is 11.8 Å². The quantitative estimate of drug-likeness (QED) is 0.668. The number of nitrogens with zero attached hydrogens (tertiary/aromatic N) is 3. The molecule has 0 bridgehead atoms. The number of aliphatic imine (C=N–C) groups is 1. The van der Waals surface area contributed by atoms with Crippen LogP contribution in [0.4, 0.5) is 4.79 Å². The van der Waals surface area contributed by atoms with E-state index in [1.165, 1.54) is 7.11 Å². The van der Waals surface area contributed by atoms with E-state index in [2.05, 4.69) is 15.4 Å². The van der Waals surface area contributed by atoms with Crippen LogP contribution in [-0.2, 0) is 11.3 Å². The molecular formula is C21H18N4O3S. The molecule has 0 aliphatic carbocycles.